The Hall–Kier alpha value is -3.22. The average molecular weight is 431 g/mol. The van der Waals surface area contributed by atoms with E-state index in [4.69, 9.17) is 21.7 Å². The molecule has 170 valence electrons. The minimum absolute atomic E-state index is 0.0317. The van der Waals surface area contributed by atoms with Crippen molar-refractivity contribution in [2.45, 2.75) is 57.7 Å². The second kappa shape index (κ2) is 13.1. The predicted molar refractivity (Wildman–Crippen MR) is 103 cm³/mol. The average Bonchev–Trinajstić information content (AvgIpc) is 2.60. The summed E-state index contributed by atoms with van der Waals surface area (Å²) in [5.74, 6) is -5.78. The monoisotopic (exact) mass is 431 g/mol. The van der Waals surface area contributed by atoms with Crippen molar-refractivity contribution in [3.63, 3.8) is 0 Å². The number of nitrogens with one attached hydrogen (secondary N) is 3. The third-order valence-corrected chi connectivity index (χ3v) is 3.81. The lowest BCUT2D eigenvalue weighted by atomic mass is 10.0. The number of aliphatic carboxylic acids is 2. The maximum atomic E-state index is 12.4. The summed E-state index contributed by atoms with van der Waals surface area (Å²) in [5, 5.41) is 24.5. The fourth-order valence-electron chi connectivity index (χ4n) is 2.34. The van der Waals surface area contributed by atoms with Crippen molar-refractivity contribution in [1.29, 1.82) is 0 Å². The number of carboxylic acid groups (broad SMARTS) is 2. The smallest absolute Gasteiger partial charge is 0.326 e. The van der Waals surface area contributed by atoms with Crippen LogP contribution in [0.2, 0.25) is 0 Å². The van der Waals surface area contributed by atoms with Gasteiger partial charge in [0.2, 0.25) is 23.6 Å². The predicted octanol–water partition coefficient (Wildman–Crippen LogP) is -2.73. The number of carbonyl (C=O) groups excluding carboxylic acids is 4. The van der Waals surface area contributed by atoms with E-state index < -0.39 is 66.7 Å². The number of hydrogen-bond acceptors (Lipinski definition) is 7. The molecule has 0 aromatic heterocycles. The summed E-state index contributed by atoms with van der Waals surface area (Å²) < 4.78 is 0. The first-order valence-electron chi connectivity index (χ1n) is 9.19. The lowest BCUT2D eigenvalue weighted by Crippen LogP contribution is -2.54. The first-order chi connectivity index (χ1) is 13.8. The number of hydrogen-bond donors (Lipinski definition) is 7. The van der Waals surface area contributed by atoms with E-state index in [-0.39, 0.29) is 25.2 Å². The maximum Gasteiger partial charge on any atom is 0.326 e. The molecule has 0 rings (SSSR count). The molecule has 0 heterocycles. The van der Waals surface area contributed by atoms with Gasteiger partial charge in [-0.05, 0) is 18.8 Å². The van der Waals surface area contributed by atoms with Crippen molar-refractivity contribution in [2.75, 3.05) is 6.54 Å². The summed E-state index contributed by atoms with van der Waals surface area (Å²) in [6.45, 7) is 2.99. The Morgan fingerprint density at radius 1 is 0.933 bits per heavy atom. The van der Waals surface area contributed by atoms with Gasteiger partial charge in [0.25, 0.3) is 0 Å². The normalized spacial score (nSPS) is 13.6. The number of rotatable bonds is 14. The van der Waals surface area contributed by atoms with Gasteiger partial charge in [0.05, 0.1) is 19.0 Å². The minimum atomic E-state index is -1.37. The van der Waals surface area contributed by atoms with Crippen LogP contribution in [0.1, 0.15) is 39.5 Å². The summed E-state index contributed by atoms with van der Waals surface area (Å²) >= 11 is 0. The molecule has 0 saturated carbocycles. The first-order valence-corrected chi connectivity index (χ1v) is 9.19. The third-order valence-electron chi connectivity index (χ3n) is 3.81. The van der Waals surface area contributed by atoms with Gasteiger partial charge < -0.3 is 37.6 Å². The van der Waals surface area contributed by atoms with Crippen LogP contribution >= 0.6 is 0 Å². The zero-order valence-electron chi connectivity index (χ0n) is 16.8. The molecule has 0 fully saturated rings. The molecule has 0 aromatic carbocycles. The van der Waals surface area contributed by atoms with Crippen LogP contribution in [0.4, 0.5) is 0 Å². The van der Waals surface area contributed by atoms with Crippen LogP contribution in [0.5, 0.6) is 0 Å². The van der Waals surface area contributed by atoms with E-state index in [0.29, 0.717) is 0 Å². The molecular weight excluding hydrogens is 402 g/mol. The molecule has 0 radical (unpaired) electrons. The van der Waals surface area contributed by atoms with Crippen LogP contribution in [-0.2, 0) is 28.8 Å². The van der Waals surface area contributed by atoms with Gasteiger partial charge in [0.15, 0.2) is 0 Å². The highest BCUT2D eigenvalue weighted by Gasteiger charge is 2.26. The Bertz CT molecular complexity index is 667. The van der Waals surface area contributed by atoms with Crippen molar-refractivity contribution in [3.8, 4) is 0 Å². The first kappa shape index (κ1) is 26.8. The van der Waals surface area contributed by atoms with E-state index in [1.54, 1.807) is 13.8 Å². The molecular formula is C17H29N5O8. The number of nitrogens with two attached hydrogens (primary N) is 2. The van der Waals surface area contributed by atoms with Crippen molar-refractivity contribution >= 4 is 35.6 Å². The Morgan fingerprint density at radius 2 is 1.53 bits per heavy atom. The van der Waals surface area contributed by atoms with E-state index in [1.165, 1.54) is 0 Å². The van der Waals surface area contributed by atoms with Gasteiger partial charge >= 0.3 is 11.9 Å². The second-order valence-corrected chi connectivity index (χ2v) is 7.08. The molecule has 0 bridgehead atoms. The van der Waals surface area contributed by atoms with Gasteiger partial charge in [0, 0.05) is 6.42 Å². The van der Waals surface area contributed by atoms with Crippen LogP contribution in [-0.4, -0.2) is 70.5 Å². The number of amides is 4. The number of carboxylic acids is 2. The molecule has 13 heteroatoms. The molecule has 13 nitrogen and oxygen atoms in total. The Balaban J connectivity index is 4.85. The summed E-state index contributed by atoms with van der Waals surface area (Å²) in [5.41, 5.74) is 10.4. The Kier molecular flexibility index (Phi) is 11.7. The maximum absolute atomic E-state index is 12.4. The molecule has 30 heavy (non-hydrogen) atoms. The molecule has 9 N–H and O–H groups in total. The molecule has 0 aliphatic rings. The summed E-state index contributed by atoms with van der Waals surface area (Å²) in [6, 6.07) is -3.78. The molecule has 4 amide bonds. The number of primary amides is 1. The molecule has 0 saturated heterocycles. The van der Waals surface area contributed by atoms with Crippen LogP contribution in [0.3, 0.4) is 0 Å². The van der Waals surface area contributed by atoms with Crippen LogP contribution < -0.4 is 27.4 Å². The van der Waals surface area contributed by atoms with Gasteiger partial charge in [-0.2, -0.15) is 0 Å². The van der Waals surface area contributed by atoms with Gasteiger partial charge in [0.1, 0.15) is 12.1 Å². The van der Waals surface area contributed by atoms with E-state index in [9.17, 15) is 28.8 Å². The Labute approximate surface area is 172 Å². The van der Waals surface area contributed by atoms with Crippen molar-refractivity contribution in [3.05, 3.63) is 0 Å². The fourth-order valence-corrected chi connectivity index (χ4v) is 2.34. The topological polar surface area (TPSA) is 231 Å². The van der Waals surface area contributed by atoms with Crippen molar-refractivity contribution < 1.29 is 39.0 Å². The van der Waals surface area contributed by atoms with Gasteiger partial charge in [-0.15, -0.1) is 0 Å². The minimum Gasteiger partial charge on any atom is -0.481 e. The van der Waals surface area contributed by atoms with Gasteiger partial charge in [-0.3, -0.25) is 24.0 Å². The zero-order chi connectivity index (χ0) is 23.4. The quantitative estimate of drug-likeness (QED) is 0.151. The third kappa shape index (κ3) is 11.6. The van der Waals surface area contributed by atoms with Crippen LogP contribution in [0.25, 0.3) is 0 Å². The van der Waals surface area contributed by atoms with Gasteiger partial charge in [-0.25, -0.2) is 4.79 Å². The lowest BCUT2D eigenvalue weighted by molar-refractivity contribution is -0.142. The standard InChI is InChI=1S/C17H29N5O8/c1-8(2)5-11(22-15(27)9(18)6-14(25)26)16(28)20-7-13(24)21-10(17(29)30)3-4-12(19)23/h8-11H,3-7,18H2,1-2H3,(H2,19,23)(H,20,28)(H,21,24)(H,22,27)(H,25,26)(H,29,30). The molecule has 3 unspecified atom stereocenters. The molecule has 0 spiro atoms. The molecule has 0 aliphatic heterocycles. The summed E-state index contributed by atoms with van der Waals surface area (Å²) in [4.78, 5) is 68.8. The SMILES string of the molecule is CC(C)CC(NC(=O)C(N)CC(=O)O)C(=O)NCC(=O)NC(CCC(N)=O)C(=O)O. The molecule has 0 aliphatic carbocycles. The Morgan fingerprint density at radius 3 is 2.00 bits per heavy atom. The number of carbonyl (C=O) groups is 6. The van der Waals surface area contributed by atoms with Crippen molar-refractivity contribution in [1.82, 2.24) is 16.0 Å². The van der Waals surface area contributed by atoms with Crippen LogP contribution in [0, 0.1) is 5.92 Å². The zero-order valence-corrected chi connectivity index (χ0v) is 16.8. The highest BCUT2D eigenvalue weighted by molar-refractivity contribution is 5.93. The largest absolute Gasteiger partial charge is 0.481 e. The van der Waals surface area contributed by atoms with E-state index in [1.807, 2.05) is 0 Å². The van der Waals surface area contributed by atoms with Crippen LogP contribution in [0.15, 0.2) is 0 Å². The molecule has 0 aromatic rings. The summed E-state index contributed by atoms with van der Waals surface area (Å²) in [7, 11) is 0. The van der Waals surface area contributed by atoms with E-state index in [2.05, 4.69) is 16.0 Å². The lowest BCUT2D eigenvalue weighted by Gasteiger charge is -2.22. The molecule has 3 atom stereocenters. The van der Waals surface area contributed by atoms with Gasteiger partial charge in [-0.1, -0.05) is 13.8 Å². The summed E-state index contributed by atoms with van der Waals surface area (Å²) in [6.07, 6.45) is -0.887. The highest BCUT2D eigenvalue weighted by Crippen LogP contribution is 2.06. The fraction of sp³-hybridized carbons (Fsp3) is 0.647. The highest BCUT2D eigenvalue weighted by atomic mass is 16.4. The van der Waals surface area contributed by atoms with E-state index in [0.717, 1.165) is 0 Å². The second-order valence-electron chi connectivity index (χ2n) is 7.08. The van der Waals surface area contributed by atoms with E-state index >= 15 is 0 Å². The van der Waals surface area contributed by atoms with Crippen molar-refractivity contribution in [2.24, 2.45) is 17.4 Å².